The molecule has 1 aliphatic heterocycles. The van der Waals surface area contributed by atoms with E-state index in [2.05, 4.69) is 275 Å². The maximum absolute atomic E-state index is 4.13. The largest absolute Gasteiger partial charge is 0.373 e. The molecule has 13 rings (SSSR count). The Hall–Kier alpha value is -8.92. The van der Waals surface area contributed by atoms with E-state index in [0.29, 0.717) is 0 Å². The molecule has 0 spiro atoms. The van der Waals surface area contributed by atoms with Gasteiger partial charge in [0.15, 0.2) is 0 Å². The second-order valence-electron chi connectivity index (χ2n) is 17.7. The van der Waals surface area contributed by atoms with Gasteiger partial charge in [-0.05, 0) is 92.6 Å². The van der Waals surface area contributed by atoms with Crippen molar-refractivity contribution >= 4 is 66.0 Å². The Bertz CT molecular complexity index is 3660. The zero-order chi connectivity index (χ0) is 45.0. The zero-order valence-electron chi connectivity index (χ0n) is 37.3. The molecule has 12 aromatic rings. The van der Waals surface area contributed by atoms with Gasteiger partial charge in [0.1, 0.15) is 0 Å². The van der Waals surface area contributed by atoms with Crippen LogP contribution in [0.4, 0.5) is 0 Å². The molecule has 3 nitrogen and oxygen atoms in total. The third-order valence-corrected chi connectivity index (χ3v) is 13.8. The second-order valence-corrected chi connectivity index (χ2v) is 17.7. The monoisotopic (exact) mass is 867 g/mol. The molecule has 0 saturated heterocycles. The fourth-order valence-corrected chi connectivity index (χ4v) is 10.8. The van der Waals surface area contributed by atoms with Crippen LogP contribution in [-0.2, 0) is 0 Å². The molecule has 0 fully saturated rings. The summed E-state index contributed by atoms with van der Waals surface area (Å²) in [7, 11) is 0. The Morgan fingerprint density at radius 2 is 0.647 bits per heavy atom. The van der Waals surface area contributed by atoms with Crippen LogP contribution in [0.1, 0.15) is 33.9 Å². The van der Waals surface area contributed by atoms with Crippen LogP contribution in [0.5, 0.6) is 0 Å². The molecule has 3 heterocycles. The highest BCUT2D eigenvalue weighted by molar-refractivity contribution is 6.24. The van der Waals surface area contributed by atoms with Crippen molar-refractivity contribution in [2.45, 2.75) is 6.04 Å². The van der Waals surface area contributed by atoms with Gasteiger partial charge < -0.3 is 14.5 Å². The van der Waals surface area contributed by atoms with E-state index in [1.165, 1.54) is 71.5 Å². The third-order valence-electron chi connectivity index (χ3n) is 13.8. The van der Waals surface area contributed by atoms with Crippen LogP contribution in [0, 0.1) is 0 Å². The summed E-state index contributed by atoms with van der Waals surface area (Å²) in [6.45, 7) is 0. The van der Waals surface area contributed by atoms with Gasteiger partial charge >= 0.3 is 0 Å². The van der Waals surface area contributed by atoms with Gasteiger partial charge in [0.05, 0.1) is 33.8 Å². The van der Waals surface area contributed by atoms with E-state index in [9.17, 15) is 0 Å². The van der Waals surface area contributed by atoms with Crippen LogP contribution in [0.25, 0.3) is 88.5 Å². The Balaban J connectivity index is 1.07. The lowest BCUT2D eigenvalue weighted by Gasteiger charge is -2.36. The van der Waals surface area contributed by atoms with Crippen molar-refractivity contribution in [3.63, 3.8) is 0 Å². The average Bonchev–Trinajstić information content (AvgIpc) is 3.94. The number of allylic oxidation sites excluding steroid dienone is 2. The Kier molecular flexibility index (Phi) is 9.57. The van der Waals surface area contributed by atoms with Crippen LogP contribution in [-0.4, -0.2) is 9.13 Å². The van der Waals surface area contributed by atoms with Crippen LogP contribution in [0.3, 0.4) is 0 Å². The van der Waals surface area contributed by atoms with Crippen LogP contribution in [0.15, 0.2) is 261 Å². The minimum Gasteiger partial charge on any atom is -0.373 e. The second kappa shape index (κ2) is 16.5. The molecule has 3 heteroatoms. The maximum atomic E-state index is 4.13. The van der Waals surface area contributed by atoms with E-state index in [1.54, 1.807) is 0 Å². The van der Waals surface area contributed by atoms with E-state index < -0.39 is 0 Å². The van der Waals surface area contributed by atoms with E-state index >= 15 is 0 Å². The molecule has 320 valence electrons. The summed E-state index contributed by atoms with van der Waals surface area (Å²) >= 11 is 0. The Labute approximate surface area is 395 Å². The number of hydrogen-bond acceptors (Lipinski definition) is 1. The molecule has 1 unspecified atom stereocenters. The molecule has 0 radical (unpaired) electrons. The van der Waals surface area contributed by atoms with Gasteiger partial charge in [-0.2, -0.15) is 0 Å². The molecule has 2 aromatic heterocycles. The minimum atomic E-state index is -0.118. The first-order chi connectivity index (χ1) is 33.8. The van der Waals surface area contributed by atoms with Gasteiger partial charge in [-0.25, -0.2) is 0 Å². The summed E-state index contributed by atoms with van der Waals surface area (Å²) in [5.74, 6) is 0. The normalized spacial score (nSPS) is 14.0. The number of fused-ring (bicyclic) bond motifs is 6. The van der Waals surface area contributed by atoms with E-state index in [4.69, 9.17) is 0 Å². The first kappa shape index (κ1) is 39.4. The fraction of sp³-hybridized carbons (Fsp3) is 0.0154. The number of para-hydroxylation sites is 4. The molecular weight excluding hydrogens is 823 g/mol. The lowest BCUT2D eigenvalue weighted by atomic mass is 9.77. The highest BCUT2D eigenvalue weighted by atomic mass is 15.0. The predicted molar refractivity (Wildman–Crippen MR) is 286 cm³/mol. The van der Waals surface area contributed by atoms with E-state index in [0.717, 1.165) is 44.9 Å². The van der Waals surface area contributed by atoms with Crippen molar-refractivity contribution in [1.82, 2.24) is 14.5 Å². The first-order valence-electron chi connectivity index (χ1n) is 23.5. The van der Waals surface area contributed by atoms with Crippen LogP contribution >= 0.6 is 0 Å². The maximum Gasteiger partial charge on any atom is 0.0779 e. The summed E-state index contributed by atoms with van der Waals surface area (Å²) in [6, 6.07) is 95.0. The standard InChI is InChI=1S/C65H45N3/c1-5-21-45(22-6-1)62-61(63(46-23-7-2-8-24-46)65(49-27-11-4-12-28-49)66-64(62)48-25-9-3-10-26-48)47-39-37-44(38-40-47)50-41-51(67-57-33-17-13-29-53(57)54-30-14-18-34-58(54)67)43-52(42-50)68-59-35-19-15-31-55(59)56-32-16-20-36-60(56)68/h1-43,64,66H. The summed E-state index contributed by atoms with van der Waals surface area (Å²) in [5.41, 5.74) is 19.8. The van der Waals surface area contributed by atoms with Gasteiger partial charge in [-0.1, -0.05) is 218 Å². The quantitative estimate of drug-likeness (QED) is 0.161. The van der Waals surface area contributed by atoms with E-state index in [1.807, 2.05) is 0 Å². The molecule has 0 saturated carbocycles. The fourth-order valence-electron chi connectivity index (χ4n) is 10.8. The van der Waals surface area contributed by atoms with Gasteiger partial charge in [-0.15, -0.1) is 0 Å². The average molecular weight is 868 g/mol. The van der Waals surface area contributed by atoms with Crippen LogP contribution < -0.4 is 5.32 Å². The van der Waals surface area contributed by atoms with Gasteiger partial charge in [0, 0.05) is 38.5 Å². The lowest BCUT2D eigenvalue weighted by Crippen LogP contribution is -2.27. The SMILES string of the molecule is c1ccc(C2=C(c3ccccc3)C(c3ccc(-c4cc(-n5c6ccccc6c6ccccc65)cc(-n5c6ccccc6c6ccccc65)c4)cc3)=C(c3ccccc3)C(c3ccccc3)N2)cc1. The highest BCUT2D eigenvalue weighted by Crippen LogP contribution is 2.50. The van der Waals surface area contributed by atoms with Crippen LogP contribution in [0.2, 0.25) is 0 Å². The number of nitrogens with zero attached hydrogens (tertiary/aromatic N) is 2. The van der Waals surface area contributed by atoms with Crippen molar-refractivity contribution in [2.24, 2.45) is 0 Å². The third kappa shape index (κ3) is 6.59. The highest BCUT2D eigenvalue weighted by Gasteiger charge is 2.33. The van der Waals surface area contributed by atoms with Crippen molar-refractivity contribution in [1.29, 1.82) is 0 Å². The molecule has 1 aliphatic rings. The molecule has 0 bridgehead atoms. The Morgan fingerprint density at radius 3 is 1.12 bits per heavy atom. The van der Waals surface area contributed by atoms with Gasteiger partial charge in [-0.3, -0.25) is 0 Å². The molecule has 0 aliphatic carbocycles. The molecule has 1 atom stereocenters. The summed E-state index contributed by atoms with van der Waals surface area (Å²) < 4.78 is 4.88. The number of hydrogen-bond donors (Lipinski definition) is 1. The topological polar surface area (TPSA) is 21.9 Å². The lowest BCUT2D eigenvalue weighted by molar-refractivity contribution is 0.787. The number of dihydropyridines is 1. The summed E-state index contributed by atoms with van der Waals surface area (Å²) in [5, 5.41) is 9.10. The summed E-state index contributed by atoms with van der Waals surface area (Å²) in [6.07, 6.45) is 0. The van der Waals surface area contributed by atoms with Crippen molar-refractivity contribution in [3.05, 3.63) is 289 Å². The molecule has 68 heavy (non-hydrogen) atoms. The molecular formula is C65H45N3. The number of benzene rings is 10. The first-order valence-corrected chi connectivity index (χ1v) is 23.5. The summed E-state index contributed by atoms with van der Waals surface area (Å²) in [4.78, 5) is 0. The zero-order valence-corrected chi connectivity index (χ0v) is 37.3. The minimum absolute atomic E-state index is 0.118. The van der Waals surface area contributed by atoms with Gasteiger partial charge in [0.25, 0.3) is 0 Å². The number of aromatic nitrogens is 2. The molecule has 1 N–H and O–H groups in total. The number of nitrogens with one attached hydrogen (secondary N) is 1. The van der Waals surface area contributed by atoms with Gasteiger partial charge in [0.2, 0.25) is 0 Å². The van der Waals surface area contributed by atoms with Crippen molar-refractivity contribution < 1.29 is 0 Å². The Morgan fingerprint density at radius 1 is 0.279 bits per heavy atom. The van der Waals surface area contributed by atoms with Crippen molar-refractivity contribution in [2.75, 3.05) is 0 Å². The molecule has 10 aromatic carbocycles. The van der Waals surface area contributed by atoms with E-state index in [-0.39, 0.29) is 6.04 Å². The molecule has 0 amide bonds. The van der Waals surface area contributed by atoms with Crippen molar-refractivity contribution in [3.8, 4) is 22.5 Å². The smallest absolute Gasteiger partial charge is 0.0779 e. The number of rotatable bonds is 8. The predicted octanol–water partition coefficient (Wildman–Crippen LogP) is 16.4.